The van der Waals surface area contributed by atoms with Crippen molar-refractivity contribution in [2.24, 2.45) is 4.99 Å². The number of ether oxygens (including phenoxy) is 1. The predicted octanol–water partition coefficient (Wildman–Crippen LogP) is 2.41. The lowest BCUT2D eigenvalue weighted by molar-refractivity contribution is -0.152. The summed E-state index contributed by atoms with van der Waals surface area (Å²) < 4.78 is 31.6. The van der Waals surface area contributed by atoms with Gasteiger partial charge in [-0.05, 0) is 37.4 Å². The van der Waals surface area contributed by atoms with Gasteiger partial charge in [0, 0.05) is 10.5 Å². The Bertz CT molecular complexity index is 1100. The van der Waals surface area contributed by atoms with Crippen LogP contribution in [0.1, 0.15) is 18.9 Å². The standard InChI is InChI=1S/C20H21N3O5S2/c1-13(20(25)22-15-8-4-5-9-16(15)29-2)28-18(24)11-12-21-19-14-7-3-6-10-17(14)30(26,27)23-19/h3-10,13H,11-12H2,1-2H3,(H,21,23)(H,22,25)/t13-/m1/s1. The number of carbonyl (C=O) groups excluding carboxylic acids is 2. The maximum Gasteiger partial charge on any atom is 0.308 e. The van der Waals surface area contributed by atoms with Crippen LogP contribution in [0.3, 0.4) is 0 Å². The number of esters is 1. The largest absolute Gasteiger partial charge is 0.452 e. The van der Waals surface area contributed by atoms with Gasteiger partial charge in [0.15, 0.2) is 6.10 Å². The van der Waals surface area contributed by atoms with E-state index in [-0.39, 0.29) is 23.7 Å². The number of hydrogen-bond acceptors (Lipinski definition) is 7. The van der Waals surface area contributed by atoms with Crippen LogP contribution in [-0.2, 0) is 24.3 Å². The highest BCUT2D eigenvalue weighted by atomic mass is 32.2. The molecule has 30 heavy (non-hydrogen) atoms. The van der Waals surface area contributed by atoms with Crippen LogP contribution in [0.4, 0.5) is 5.69 Å². The number of amides is 1. The smallest absolute Gasteiger partial charge is 0.308 e. The second-order valence-electron chi connectivity index (χ2n) is 6.40. The number of hydrogen-bond donors (Lipinski definition) is 2. The summed E-state index contributed by atoms with van der Waals surface area (Å²) in [5, 5.41) is 2.75. The van der Waals surface area contributed by atoms with Crippen molar-refractivity contribution in [2.75, 3.05) is 18.1 Å². The first kappa shape index (κ1) is 21.8. The predicted molar refractivity (Wildman–Crippen MR) is 115 cm³/mol. The number of amidine groups is 1. The van der Waals surface area contributed by atoms with Crippen molar-refractivity contribution in [1.29, 1.82) is 0 Å². The molecule has 0 aliphatic carbocycles. The van der Waals surface area contributed by atoms with E-state index in [0.29, 0.717) is 11.3 Å². The normalized spacial score (nSPS) is 16.4. The van der Waals surface area contributed by atoms with Gasteiger partial charge in [0.1, 0.15) is 5.84 Å². The molecule has 0 unspecified atom stereocenters. The fourth-order valence-electron chi connectivity index (χ4n) is 2.80. The monoisotopic (exact) mass is 447 g/mol. The summed E-state index contributed by atoms with van der Waals surface area (Å²) in [5.74, 6) is -0.846. The second kappa shape index (κ2) is 9.31. The highest BCUT2D eigenvalue weighted by Gasteiger charge is 2.30. The van der Waals surface area contributed by atoms with E-state index >= 15 is 0 Å². The maximum absolute atomic E-state index is 12.3. The van der Waals surface area contributed by atoms with E-state index < -0.39 is 28.0 Å². The molecular formula is C20H21N3O5S2. The minimum Gasteiger partial charge on any atom is -0.452 e. The minimum absolute atomic E-state index is 0.0225. The molecule has 0 fully saturated rings. The van der Waals surface area contributed by atoms with Gasteiger partial charge < -0.3 is 10.1 Å². The Hall–Kier alpha value is -2.85. The number of fused-ring (bicyclic) bond motifs is 1. The number of nitrogens with zero attached hydrogens (tertiary/aromatic N) is 1. The maximum atomic E-state index is 12.3. The van der Waals surface area contributed by atoms with Gasteiger partial charge in [-0.3, -0.25) is 19.3 Å². The van der Waals surface area contributed by atoms with E-state index in [9.17, 15) is 18.0 Å². The first-order chi connectivity index (χ1) is 14.3. The van der Waals surface area contributed by atoms with Crippen LogP contribution in [0.5, 0.6) is 0 Å². The summed E-state index contributed by atoms with van der Waals surface area (Å²) in [7, 11) is -3.62. The minimum atomic E-state index is -3.62. The molecule has 3 rings (SSSR count). The molecule has 2 N–H and O–H groups in total. The Labute approximate surface area is 179 Å². The number of nitrogens with one attached hydrogen (secondary N) is 2. The average Bonchev–Trinajstić information content (AvgIpc) is 2.99. The first-order valence-electron chi connectivity index (χ1n) is 9.12. The number of sulfonamides is 1. The quantitative estimate of drug-likeness (QED) is 0.498. The third-order valence-electron chi connectivity index (χ3n) is 4.29. The zero-order chi connectivity index (χ0) is 21.7. The van der Waals surface area contributed by atoms with Gasteiger partial charge in [0.25, 0.3) is 15.9 Å². The third-order valence-corrected chi connectivity index (χ3v) is 6.48. The van der Waals surface area contributed by atoms with E-state index in [1.165, 1.54) is 24.8 Å². The Morgan fingerprint density at radius 2 is 1.87 bits per heavy atom. The van der Waals surface area contributed by atoms with E-state index in [4.69, 9.17) is 4.74 Å². The summed E-state index contributed by atoms with van der Waals surface area (Å²) in [6, 6.07) is 13.8. The van der Waals surface area contributed by atoms with Crippen molar-refractivity contribution in [3.63, 3.8) is 0 Å². The Kier molecular flexibility index (Phi) is 6.78. The molecule has 0 spiro atoms. The molecule has 10 heteroatoms. The lowest BCUT2D eigenvalue weighted by Gasteiger charge is -2.14. The lowest BCUT2D eigenvalue weighted by Crippen LogP contribution is -2.30. The molecule has 8 nitrogen and oxygen atoms in total. The number of anilines is 1. The van der Waals surface area contributed by atoms with Crippen molar-refractivity contribution >= 4 is 45.2 Å². The highest BCUT2D eigenvalue weighted by Crippen LogP contribution is 2.25. The van der Waals surface area contributed by atoms with E-state index in [1.807, 2.05) is 18.4 Å². The zero-order valence-corrected chi connectivity index (χ0v) is 18.0. The molecule has 1 aliphatic rings. The Balaban J connectivity index is 1.54. The molecule has 0 bridgehead atoms. The van der Waals surface area contributed by atoms with Crippen LogP contribution in [0, 0.1) is 0 Å². The van der Waals surface area contributed by atoms with Gasteiger partial charge in [-0.15, -0.1) is 11.8 Å². The molecule has 0 saturated carbocycles. The molecule has 1 amide bonds. The fourth-order valence-corrected chi connectivity index (χ4v) is 4.61. The lowest BCUT2D eigenvalue weighted by atomic mass is 10.2. The number of para-hydroxylation sites is 1. The van der Waals surface area contributed by atoms with E-state index in [2.05, 4.69) is 15.0 Å². The Morgan fingerprint density at radius 3 is 2.63 bits per heavy atom. The van der Waals surface area contributed by atoms with Gasteiger partial charge in [0.2, 0.25) is 0 Å². The van der Waals surface area contributed by atoms with E-state index in [1.54, 1.807) is 30.3 Å². The molecular weight excluding hydrogens is 426 g/mol. The fraction of sp³-hybridized carbons (Fsp3) is 0.250. The van der Waals surface area contributed by atoms with Crippen LogP contribution in [0.15, 0.2) is 63.3 Å². The molecule has 0 saturated heterocycles. The Morgan fingerprint density at radius 1 is 1.17 bits per heavy atom. The summed E-state index contributed by atoms with van der Waals surface area (Å²) >= 11 is 1.50. The van der Waals surface area contributed by atoms with Crippen molar-refractivity contribution in [1.82, 2.24) is 4.72 Å². The topological polar surface area (TPSA) is 114 Å². The number of thioether (sulfide) groups is 1. The summed E-state index contributed by atoms with van der Waals surface area (Å²) in [6.45, 7) is 1.51. The number of aliphatic imine (C=N–C) groups is 1. The van der Waals surface area contributed by atoms with Crippen molar-refractivity contribution < 1.29 is 22.7 Å². The van der Waals surface area contributed by atoms with Gasteiger partial charge >= 0.3 is 5.97 Å². The number of carbonyl (C=O) groups is 2. The van der Waals surface area contributed by atoms with Crippen LogP contribution in [0.25, 0.3) is 0 Å². The van der Waals surface area contributed by atoms with Crippen LogP contribution in [0.2, 0.25) is 0 Å². The molecule has 1 heterocycles. The van der Waals surface area contributed by atoms with E-state index in [0.717, 1.165) is 4.90 Å². The molecule has 1 aliphatic heterocycles. The average molecular weight is 448 g/mol. The number of rotatable bonds is 7. The molecule has 158 valence electrons. The van der Waals surface area contributed by atoms with Crippen LogP contribution >= 0.6 is 11.8 Å². The zero-order valence-electron chi connectivity index (χ0n) is 16.4. The summed E-state index contributed by atoms with van der Waals surface area (Å²) in [5.41, 5.74) is 1.11. The van der Waals surface area contributed by atoms with Crippen molar-refractivity contribution in [3.05, 3.63) is 54.1 Å². The summed E-state index contributed by atoms with van der Waals surface area (Å²) in [4.78, 5) is 29.6. The molecule has 2 aromatic rings. The second-order valence-corrected chi connectivity index (χ2v) is 8.90. The molecule has 0 radical (unpaired) electrons. The molecule has 0 aromatic heterocycles. The molecule has 2 aromatic carbocycles. The van der Waals surface area contributed by atoms with Crippen molar-refractivity contribution in [3.8, 4) is 0 Å². The van der Waals surface area contributed by atoms with Gasteiger partial charge in [-0.1, -0.05) is 24.3 Å². The SMILES string of the molecule is CSc1ccccc1NC(=O)[C@@H](C)OC(=O)CCN=C1NS(=O)(=O)c2ccccc21. The third kappa shape index (κ3) is 5.00. The molecule has 1 atom stereocenters. The van der Waals surface area contributed by atoms with Gasteiger partial charge in [-0.2, -0.15) is 0 Å². The van der Waals surface area contributed by atoms with Crippen LogP contribution in [-0.4, -0.2) is 45.0 Å². The van der Waals surface area contributed by atoms with Crippen LogP contribution < -0.4 is 10.0 Å². The first-order valence-corrected chi connectivity index (χ1v) is 11.8. The van der Waals surface area contributed by atoms with Crippen molar-refractivity contribution in [2.45, 2.75) is 29.2 Å². The summed E-state index contributed by atoms with van der Waals surface area (Å²) in [6.07, 6.45) is 0.830. The van der Waals surface area contributed by atoms with Gasteiger partial charge in [-0.25, -0.2) is 8.42 Å². The number of benzene rings is 2. The highest BCUT2D eigenvalue weighted by molar-refractivity contribution is 7.98. The van der Waals surface area contributed by atoms with Gasteiger partial charge in [0.05, 0.1) is 23.5 Å².